The molecule has 0 unspecified atom stereocenters. The summed E-state index contributed by atoms with van der Waals surface area (Å²) in [5.41, 5.74) is 2.75. The zero-order valence-corrected chi connectivity index (χ0v) is 9.22. The predicted octanol–water partition coefficient (Wildman–Crippen LogP) is 1.15. The lowest BCUT2D eigenvalue weighted by Crippen LogP contribution is -2.16. The summed E-state index contributed by atoms with van der Waals surface area (Å²) in [4.78, 5) is 11.7. The van der Waals surface area contributed by atoms with Gasteiger partial charge in [0.1, 0.15) is 5.82 Å². The highest BCUT2D eigenvalue weighted by Crippen LogP contribution is 2.10. The number of aromatic nitrogens is 2. The van der Waals surface area contributed by atoms with E-state index in [4.69, 9.17) is 5.84 Å². The molecule has 1 aromatic carbocycles. The summed E-state index contributed by atoms with van der Waals surface area (Å²) in [6.45, 7) is 0. The molecule has 0 saturated heterocycles. The Bertz CT molecular complexity index is 558. The highest BCUT2D eigenvalue weighted by molar-refractivity contribution is 6.02. The molecule has 0 aliphatic heterocycles. The first kappa shape index (κ1) is 11.9. The van der Waals surface area contributed by atoms with Crippen molar-refractivity contribution in [3.63, 3.8) is 0 Å². The number of nitrogens with one attached hydrogen (secondary N) is 2. The van der Waals surface area contributed by atoms with Gasteiger partial charge >= 0.3 is 0 Å². The van der Waals surface area contributed by atoms with Gasteiger partial charge in [0.05, 0.1) is 0 Å². The summed E-state index contributed by atoms with van der Waals surface area (Å²) in [6.07, 6.45) is 0. The van der Waals surface area contributed by atoms with E-state index >= 15 is 0 Å². The number of amides is 1. The highest BCUT2D eigenvalue weighted by atomic mass is 19.1. The Kier molecular flexibility index (Phi) is 3.44. The van der Waals surface area contributed by atoms with Crippen molar-refractivity contribution in [1.82, 2.24) is 10.2 Å². The molecule has 0 aliphatic rings. The minimum atomic E-state index is -0.475. The van der Waals surface area contributed by atoms with Crippen LogP contribution in [0.4, 0.5) is 15.9 Å². The van der Waals surface area contributed by atoms with Gasteiger partial charge in [-0.2, -0.15) is 0 Å². The number of nitrogens with two attached hydrogens (primary N) is 1. The Hall–Kier alpha value is -2.54. The largest absolute Gasteiger partial charge is 0.320 e. The Morgan fingerprint density at radius 2 is 2.06 bits per heavy atom. The van der Waals surface area contributed by atoms with E-state index < -0.39 is 11.7 Å². The third-order valence-electron chi connectivity index (χ3n) is 2.13. The molecular formula is C11H10FN5O. The quantitative estimate of drug-likeness (QED) is 0.559. The number of hydrazine groups is 1. The van der Waals surface area contributed by atoms with E-state index in [9.17, 15) is 9.18 Å². The van der Waals surface area contributed by atoms with Crippen LogP contribution in [0.2, 0.25) is 0 Å². The van der Waals surface area contributed by atoms with E-state index in [1.165, 1.54) is 30.3 Å². The van der Waals surface area contributed by atoms with Gasteiger partial charge in [-0.25, -0.2) is 10.2 Å². The molecule has 4 N–H and O–H groups in total. The molecule has 0 saturated carbocycles. The summed E-state index contributed by atoms with van der Waals surface area (Å²) in [5, 5.41) is 9.83. The summed E-state index contributed by atoms with van der Waals surface area (Å²) in [5.74, 6) is 4.56. The maximum absolute atomic E-state index is 12.9. The van der Waals surface area contributed by atoms with Crippen LogP contribution in [0, 0.1) is 5.82 Å². The summed E-state index contributed by atoms with van der Waals surface area (Å²) in [6, 6.07) is 8.53. The first-order valence-electron chi connectivity index (χ1n) is 5.06. The highest BCUT2D eigenvalue weighted by Gasteiger charge is 2.08. The molecule has 1 amide bonds. The Morgan fingerprint density at radius 1 is 1.22 bits per heavy atom. The second kappa shape index (κ2) is 5.19. The molecule has 0 aliphatic carbocycles. The molecule has 0 bridgehead atoms. The van der Waals surface area contributed by atoms with Gasteiger partial charge in [-0.05, 0) is 30.3 Å². The van der Waals surface area contributed by atoms with Crippen LogP contribution in [0.3, 0.4) is 0 Å². The van der Waals surface area contributed by atoms with Crippen molar-refractivity contribution in [2.24, 2.45) is 5.84 Å². The van der Waals surface area contributed by atoms with Crippen LogP contribution in [0.1, 0.15) is 10.5 Å². The smallest absolute Gasteiger partial charge is 0.276 e. The Morgan fingerprint density at radius 3 is 2.67 bits per heavy atom. The molecule has 1 aromatic heterocycles. The topological polar surface area (TPSA) is 92.9 Å². The monoisotopic (exact) mass is 247 g/mol. The number of halogens is 1. The van der Waals surface area contributed by atoms with E-state index in [-0.39, 0.29) is 5.69 Å². The normalized spacial score (nSPS) is 9.89. The molecule has 18 heavy (non-hydrogen) atoms. The fourth-order valence-electron chi connectivity index (χ4n) is 1.29. The van der Waals surface area contributed by atoms with Crippen LogP contribution in [0.5, 0.6) is 0 Å². The van der Waals surface area contributed by atoms with Crippen LogP contribution in [0.15, 0.2) is 36.4 Å². The number of nitrogens with zero attached hydrogens (tertiary/aromatic N) is 2. The van der Waals surface area contributed by atoms with E-state index in [1.54, 1.807) is 6.07 Å². The summed E-state index contributed by atoms with van der Waals surface area (Å²) < 4.78 is 12.9. The maximum atomic E-state index is 12.9. The fraction of sp³-hybridized carbons (Fsp3) is 0. The standard InChI is InChI=1S/C11H10FN5O/c12-7-2-1-3-8(6-7)14-11(18)9-4-5-10(15-13)17-16-9/h1-6H,13H2,(H,14,18)(H,15,17). The second-order valence-corrected chi connectivity index (χ2v) is 3.41. The van der Waals surface area contributed by atoms with Crippen molar-refractivity contribution in [3.8, 4) is 0 Å². The molecule has 1 heterocycles. The Labute approximate surface area is 102 Å². The van der Waals surface area contributed by atoms with Crippen LogP contribution in [-0.4, -0.2) is 16.1 Å². The molecule has 0 spiro atoms. The minimum absolute atomic E-state index is 0.110. The van der Waals surface area contributed by atoms with Crippen molar-refractivity contribution in [2.75, 3.05) is 10.7 Å². The van der Waals surface area contributed by atoms with Gasteiger partial charge in [0.25, 0.3) is 5.91 Å². The SMILES string of the molecule is NNc1ccc(C(=O)Nc2cccc(F)c2)nn1. The average Bonchev–Trinajstić information content (AvgIpc) is 2.39. The number of carbonyl (C=O) groups excluding carboxylic acids is 1. The number of hydrogen-bond acceptors (Lipinski definition) is 5. The van der Waals surface area contributed by atoms with Gasteiger partial charge in [-0.1, -0.05) is 6.07 Å². The molecular weight excluding hydrogens is 237 g/mol. The van der Waals surface area contributed by atoms with Crippen molar-refractivity contribution in [1.29, 1.82) is 0 Å². The molecule has 7 heteroatoms. The molecule has 0 atom stereocenters. The van der Waals surface area contributed by atoms with Crippen LogP contribution in [0.25, 0.3) is 0 Å². The third-order valence-corrected chi connectivity index (χ3v) is 2.13. The number of rotatable bonds is 3. The Balaban J connectivity index is 2.11. The number of nitrogen functional groups attached to an aromatic ring is 1. The van der Waals surface area contributed by atoms with Crippen molar-refractivity contribution < 1.29 is 9.18 Å². The van der Waals surface area contributed by atoms with E-state index in [2.05, 4.69) is 20.9 Å². The first-order chi connectivity index (χ1) is 8.69. The van der Waals surface area contributed by atoms with Gasteiger partial charge in [-0.3, -0.25) is 4.79 Å². The van der Waals surface area contributed by atoms with E-state index in [0.717, 1.165) is 0 Å². The molecule has 6 nitrogen and oxygen atoms in total. The molecule has 0 radical (unpaired) electrons. The lowest BCUT2D eigenvalue weighted by atomic mass is 10.3. The molecule has 0 fully saturated rings. The zero-order chi connectivity index (χ0) is 13.0. The fourth-order valence-corrected chi connectivity index (χ4v) is 1.29. The molecule has 2 aromatic rings. The zero-order valence-electron chi connectivity index (χ0n) is 9.22. The first-order valence-corrected chi connectivity index (χ1v) is 5.06. The summed E-state index contributed by atoms with van der Waals surface area (Å²) >= 11 is 0. The average molecular weight is 247 g/mol. The molecule has 2 rings (SSSR count). The third kappa shape index (κ3) is 2.77. The second-order valence-electron chi connectivity index (χ2n) is 3.41. The van der Waals surface area contributed by atoms with Gasteiger partial charge in [-0.15, -0.1) is 10.2 Å². The van der Waals surface area contributed by atoms with Gasteiger partial charge < -0.3 is 10.7 Å². The van der Waals surface area contributed by atoms with E-state index in [0.29, 0.717) is 11.5 Å². The predicted molar refractivity (Wildman–Crippen MR) is 64.2 cm³/mol. The van der Waals surface area contributed by atoms with Crippen LogP contribution >= 0.6 is 0 Å². The number of benzene rings is 1. The maximum Gasteiger partial charge on any atom is 0.276 e. The van der Waals surface area contributed by atoms with E-state index in [1.807, 2.05) is 0 Å². The number of hydrogen-bond donors (Lipinski definition) is 3. The van der Waals surface area contributed by atoms with Crippen molar-refractivity contribution >= 4 is 17.4 Å². The van der Waals surface area contributed by atoms with Crippen molar-refractivity contribution in [2.45, 2.75) is 0 Å². The van der Waals surface area contributed by atoms with Gasteiger partial charge in [0, 0.05) is 5.69 Å². The van der Waals surface area contributed by atoms with Crippen molar-refractivity contribution in [3.05, 3.63) is 47.9 Å². The van der Waals surface area contributed by atoms with Crippen LogP contribution < -0.4 is 16.6 Å². The number of anilines is 2. The lowest BCUT2D eigenvalue weighted by molar-refractivity contribution is 0.102. The van der Waals surface area contributed by atoms with Crippen LogP contribution in [-0.2, 0) is 0 Å². The summed E-state index contributed by atoms with van der Waals surface area (Å²) in [7, 11) is 0. The lowest BCUT2D eigenvalue weighted by Gasteiger charge is -2.04. The van der Waals surface area contributed by atoms with Gasteiger partial charge in [0.15, 0.2) is 11.5 Å². The molecule has 92 valence electrons. The minimum Gasteiger partial charge on any atom is -0.320 e. The van der Waals surface area contributed by atoms with Gasteiger partial charge in [0.2, 0.25) is 0 Å². The number of carbonyl (C=O) groups is 1.